The van der Waals surface area contributed by atoms with E-state index in [0.717, 1.165) is 68.5 Å². The minimum atomic E-state index is -0.954. The Balaban J connectivity index is 1.29. The fourth-order valence-electron chi connectivity index (χ4n) is 5.80. The van der Waals surface area contributed by atoms with Gasteiger partial charge in [-0.3, -0.25) is 4.68 Å². The molecule has 3 heterocycles. The van der Waals surface area contributed by atoms with E-state index >= 15 is 0 Å². The van der Waals surface area contributed by atoms with Gasteiger partial charge in [0.25, 0.3) is 0 Å². The number of aromatic nitrogens is 3. The number of nitrogens with one attached hydrogen (secondary N) is 1. The molecule has 194 valence electrons. The lowest BCUT2D eigenvalue weighted by Gasteiger charge is -2.11. The first-order valence-corrected chi connectivity index (χ1v) is 13.1. The third-order valence-corrected chi connectivity index (χ3v) is 7.58. The Hall–Kier alpha value is -4.10. The summed E-state index contributed by atoms with van der Waals surface area (Å²) in [5.41, 5.74) is 5.91. The summed E-state index contributed by atoms with van der Waals surface area (Å²) in [4.78, 5) is 15.5. The summed E-state index contributed by atoms with van der Waals surface area (Å²) in [5, 5.41) is 18.0. The molecule has 2 aromatic heterocycles. The lowest BCUT2D eigenvalue weighted by molar-refractivity contribution is 0.0690. The molecular weight excluding hydrogens is 478 g/mol. The molecule has 1 saturated heterocycles. The summed E-state index contributed by atoms with van der Waals surface area (Å²) in [5.74, 6) is -0.109. The summed E-state index contributed by atoms with van der Waals surface area (Å²) in [6.07, 6.45) is 2.23. The van der Waals surface area contributed by atoms with Crippen LogP contribution in [0.4, 0.5) is 0 Å². The molecule has 6 rings (SSSR count). The molecule has 3 aromatic carbocycles. The predicted molar refractivity (Wildman–Crippen MR) is 148 cm³/mol. The van der Waals surface area contributed by atoms with Gasteiger partial charge in [-0.15, -0.1) is 0 Å². The molecule has 0 radical (unpaired) electrons. The van der Waals surface area contributed by atoms with Gasteiger partial charge in [0.2, 0.25) is 0 Å². The highest BCUT2D eigenvalue weighted by atomic mass is 16.5. The maximum Gasteiger partial charge on any atom is 0.352 e. The van der Waals surface area contributed by atoms with Gasteiger partial charge in [0.1, 0.15) is 11.4 Å². The van der Waals surface area contributed by atoms with Crippen LogP contribution in [0.1, 0.15) is 46.3 Å². The molecule has 0 aliphatic carbocycles. The zero-order chi connectivity index (χ0) is 26.2. The van der Waals surface area contributed by atoms with E-state index in [2.05, 4.69) is 34.8 Å². The third kappa shape index (κ3) is 4.23. The molecular formula is C31H31N3O4. The minimum Gasteiger partial charge on any atom is -0.493 e. The Labute approximate surface area is 221 Å². The van der Waals surface area contributed by atoms with Crippen LogP contribution in [0, 0.1) is 13.8 Å². The number of aryl methyl sites for hydroxylation is 2. The second kappa shape index (κ2) is 9.99. The van der Waals surface area contributed by atoms with Crippen molar-refractivity contribution < 1.29 is 19.4 Å². The Morgan fingerprint density at radius 1 is 1.11 bits per heavy atom. The van der Waals surface area contributed by atoms with Crippen molar-refractivity contribution in [2.24, 2.45) is 0 Å². The Morgan fingerprint density at radius 2 is 1.89 bits per heavy atom. The highest BCUT2D eigenvalue weighted by molar-refractivity contribution is 6.03. The number of hydrogen-bond donors (Lipinski definition) is 2. The quantitative estimate of drug-likeness (QED) is 0.234. The van der Waals surface area contributed by atoms with Crippen molar-refractivity contribution in [3.05, 3.63) is 83.3 Å². The van der Waals surface area contributed by atoms with E-state index in [1.54, 1.807) is 0 Å². The molecule has 0 spiro atoms. The summed E-state index contributed by atoms with van der Waals surface area (Å²) < 4.78 is 13.8. The van der Waals surface area contributed by atoms with Crippen LogP contribution in [0.15, 0.2) is 60.7 Å². The second-order valence-electron chi connectivity index (χ2n) is 9.95. The molecule has 2 N–H and O–H groups in total. The van der Waals surface area contributed by atoms with E-state index in [4.69, 9.17) is 14.6 Å². The number of carboxylic acids is 1. The van der Waals surface area contributed by atoms with Gasteiger partial charge in [-0.05, 0) is 50.1 Å². The maximum atomic E-state index is 12.3. The van der Waals surface area contributed by atoms with Crippen molar-refractivity contribution >= 4 is 27.6 Å². The zero-order valence-corrected chi connectivity index (χ0v) is 21.7. The lowest BCUT2D eigenvalue weighted by Crippen LogP contribution is -2.12. The van der Waals surface area contributed by atoms with Gasteiger partial charge >= 0.3 is 5.97 Å². The molecule has 0 amide bonds. The van der Waals surface area contributed by atoms with E-state index in [0.29, 0.717) is 26.1 Å². The number of rotatable bonds is 8. The molecule has 38 heavy (non-hydrogen) atoms. The molecule has 1 aliphatic rings. The van der Waals surface area contributed by atoms with Crippen molar-refractivity contribution in [2.45, 2.75) is 39.2 Å². The first-order chi connectivity index (χ1) is 18.5. The molecule has 5 aromatic rings. The first kappa shape index (κ1) is 24.2. The highest BCUT2D eigenvalue weighted by Gasteiger charge is 2.25. The highest BCUT2D eigenvalue weighted by Crippen LogP contribution is 2.37. The van der Waals surface area contributed by atoms with E-state index in [9.17, 15) is 9.90 Å². The number of carbonyl (C=O) groups is 1. The van der Waals surface area contributed by atoms with Crippen LogP contribution < -0.4 is 4.74 Å². The summed E-state index contributed by atoms with van der Waals surface area (Å²) in [7, 11) is 0. The van der Waals surface area contributed by atoms with Crippen molar-refractivity contribution in [1.29, 1.82) is 0 Å². The topological polar surface area (TPSA) is 89.4 Å². The van der Waals surface area contributed by atoms with Gasteiger partial charge < -0.3 is 19.6 Å². The standard InChI is InChI=1S/C31H31N3O4/c1-19-28(20(2)34(33-19)22-15-17-37-18-22)26-12-6-11-24-25(30(31(35)36)32-29(24)26)13-7-16-38-27-14-5-9-21-8-3-4-10-23(21)27/h3-6,8-12,14,22,32H,7,13,15-18H2,1-2H3,(H,35,36). The Morgan fingerprint density at radius 3 is 2.71 bits per heavy atom. The molecule has 7 heteroatoms. The second-order valence-corrected chi connectivity index (χ2v) is 9.95. The summed E-state index contributed by atoms with van der Waals surface area (Å²) in [6.45, 7) is 6.01. The number of nitrogens with zero attached hydrogens (tertiary/aromatic N) is 2. The third-order valence-electron chi connectivity index (χ3n) is 7.58. The van der Waals surface area contributed by atoms with E-state index in [1.165, 1.54) is 0 Å². The molecule has 1 atom stereocenters. The van der Waals surface area contributed by atoms with Crippen LogP contribution in [0.5, 0.6) is 5.75 Å². The number of hydrogen-bond acceptors (Lipinski definition) is 4. The van der Waals surface area contributed by atoms with Crippen molar-refractivity contribution in [3.8, 4) is 16.9 Å². The van der Waals surface area contributed by atoms with E-state index in [1.807, 2.05) is 49.4 Å². The van der Waals surface area contributed by atoms with Gasteiger partial charge in [0, 0.05) is 34.2 Å². The number of H-pyrrole nitrogens is 1. The van der Waals surface area contributed by atoms with Crippen LogP contribution in [0.25, 0.3) is 32.8 Å². The molecule has 7 nitrogen and oxygen atoms in total. The van der Waals surface area contributed by atoms with E-state index in [-0.39, 0.29) is 11.7 Å². The first-order valence-electron chi connectivity index (χ1n) is 13.1. The van der Waals surface area contributed by atoms with Gasteiger partial charge in [-0.25, -0.2) is 4.79 Å². The van der Waals surface area contributed by atoms with Crippen LogP contribution in [0.3, 0.4) is 0 Å². The average Bonchev–Trinajstić information content (AvgIpc) is 3.65. The summed E-state index contributed by atoms with van der Waals surface area (Å²) in [6, 6.07) is 20.5. The maximum absolute atomic E-state index is 12.3. The predicted octanol–water partition coefficient (Wildman–Crippen LogP) is 6.47. The number of carboxylic acid groups (broad SMARTS) is 1. The zero-order valence-electron chi connectivity index (χ0n) is 21.7. The number of aromatic carboxylic acids is 1. The van der Waals surface area contributed by atoms with Crippen molar-refractivity contribution in [3.63, 3.8) is 0 Å². The lowest BCUT2D eigenvalue weighted by atomic mass is 9.98. The van der Waals surface area contributed by atoms with Crippen LogP contribution in [0.2, 0.25) is 0 Å². The monoisotopic (exact) mass is 509 g/mol. The number of fused-ring (bicyclic) bond motifs is 2. The number of aromatic amines is 1. The Bertz CT molecular complexity index is 1640. The van der Waals surface area contributed by atoms with Crippen molar-refractivity contribution in [1.82, 2.24) is 14.8 Å². The SMILES string of the molecule is Cc1nn(C2CCOC2)c(C)c1-c1cccc2c(CCCOc3cccc4ccccc34)c(C(=O)O)[nH]c12. The smallest absolute Gasteiger partial charge is 0.352 e. The largest absolute Gasteiger partial charge is 0.493 e. The summed E-state index contributed by atoms with van der Waals surface area (Å²) >= 11 is 0. The number of para-hydroxylation sites is 1. The number of ether oxygens (including phenoxy) is 2. The van der Waals surface area contributed by atoms with Gasteiger partial charge in [-0.1, -0.05) is 54.6 Å². The van der Waals surface area contributed by atoms with Crippen LogP contribution in [-0.4, -0.2) is 45.7 Å². The normalized spacial score (nSPS) is 15.5. The molecule has 0 saturated carbocycles. The number of benzene rings is 3. The Kier molecular flexibility index (Phi) is 6.37. The molecule has 1 fully saturated rings. The van der Waals surface area contributed by atoms with Crippen molar-refractivity contribution in [2.75, 3.05) is 19.8 Å². The molecule has 1 aliphatic heterocycles. The molecule has 1 unspecified atom stereocenters. The fourth-order valence-corrected chi connectivity index (χ4v) is 5.80. The minimum absolute atomic E-state index is 0.233. The van der Waals surface area contributed by atoms with Gasteiger partial charge in [-0.2, -0.15) is 5.10 Å². The van der Waals surface area contributed by atoms with Gasteiger partial charge in [0.15, 0.2) is 0 Å². The molecule has 0 bridgehead atoms. The van der Waals surface area contributed by atoms with E-state index < -0.39 is 5.97 Å². The van der Waals surface area contributed by atoms with Crippen LogP contribution >= 0.6 is 0 Å². The van der Waals surface area contributed by atoms with Gasteiger partial charge in [0.05, 0.1) is 30.5 Å². The fraction of sp³-hybridized carbons (Fsp3) is 0.290. The van der Waals surface area contributed by atoms with Crippen LogP contribution in [-0.2, 0) is 11.2 Å². The average molecular weight is 510 g/mol.